The zero-order chi connectivity index (χ0) is 13.9. The fourth-order valence-corrected chi connectivity index (χ4v) is 3.23. The van der Waals surface area contributed by atoms with Gasteiger partial charge >= 0.3 is 0 Å². The number of aryl methyl sites for hydroxylation is 1. The topological polar surface area (TPSA) is 71.3 Å². The van der Waals surface area contributed by atoms with E-state index < -0.39 is 0 Å². The van der Waals surface area contributed by atoms with Gasteiger partial charge < -0.3 is 14.7 Å². The van der Waals surface area contributed by atoms with Crippen molar-refractivity contribution in [3.63, 3.8) is 0 Å². The second-order valence-corrected chi connectivity index (χ2v) is 5.88. The molecular formula is C14H22N4O2. The maximum Gasteiger partial charge on any atom is 0.239 e. The molecule has 2 saturated heterocycles. The summed E-state index contributed by atoms with van der Waals surface area (Å²) < 4.78 is 5.01. The Kier molecular flexibility index (Phi) is 4.00. The minimum absolute atomic E-state index is 0.0427. The fourth-order valence-electron chi connectivity index (χ4n) is 3.23. The first-order chi connectivity index (χ1) is 9.72. The summed E-state index contributed by atoms with van der Waals surface area (Å²) in [7, 11) is 0. The first-order valence-electron chi connectivity index (χ1n) is 7.54. The van der Waals surface area contributed by atoms with Crippen molar-refractivity contribution < 1.29 is 9.32 Å². The molecule has 2 fully saturated rings. The Bertz CT molecular complexity index is 467. The van der Waals surface area contributed by atoms with E-state index in [-0.39, 0.29) is 11.9 Å². The molecule has 110 valence electrons. The van der Waals surface area contributed by atoms with E-state index in [1.165, 1.54) is 0 Å². The van der Waals surface area contributed by atoms with Crippen LogP contribution in [0.2, 0.25) is 0 Å². The average Bonchev–Trinajstić information content (AvgIpc) is 3.10. The summed E-state index contributed by atoms with van der Waals surface area (Å²) in [6.07, 6.45) is 5.09. The van der Waals surface area contributed by atoms with Gasteiger partial charge in [0.15, 0.2) is 5.82 Å². The van der Waals surface area contributed by atoms with E-state index in [0.717, 1.165) is 57.6 Å². The summed E-state index contributed by atoms with van der Waals surface area (Å²) in [6, 6.07) is 0.0427. The van der Waals surface area contributed by atoms with Crippen LogP contribution in [-0.4, -0.2) is 46.6 Å². The van der Waals surface area contributed by atoms with E-state index in [2.05, 4.69) is 15.5 Å². The number of carbonyl (C=O) groups is 1. The number of aromatic nitrogens is 2. The summed E-state index contributed by atoms with van der Waals surface area (Å²) in [5.74, 6) is 2.10. The SMILES string of the molecule is Cc1nc(C[C@H]2CCCN(C(=O)[C@@H]3CCCN3)C2)no1. The van der Waals surface area contributed by atoms with Crippen molar-refractivity contribution in [2.75, 3.05) is 19.6 Å². The van der Waals surface area contributed by atoms with Gasteiger partial charge in [-0.05, 0) is 38.1 Å². The third-order valence-corrected chi connectivity index (χ3v) is 4.23. The number of hydrogen-bond acceptors (Lipinski definition) is 5. The molecule has 3 heterocycles. The number of carbonyl (C=O) groups excluding carboxylic acids is 1. The molecule has 0 radical (unpaired) electrons. The highest BCUT2D eigenvalue weighted by molar-refractivity contribution is 5.82. The maximum absolute atomic E-state index is 12.4. The molecule has 1 amide bonds. The summed E-state index contributed by atoms with van der Waals surface area (Å²) in [5, 5.41) is 7.25. The van der Waals surface area contributed by atoms with Gasteiger partial charge in [-0.25, -0.2) is 0 Å². The van der Waals surface area contributed by atoms with Crippen LogP contribution in [0, 0.1) is 12.8 Å². The van der Waals surface area contributed by atoms with Crippen molar-refractivity contribution in [1.29, 1.82) is 0 Å². The van der Waals surface area contributed by atoms with Crippen molar-refractivity contribution in [3.05, 3.63) is 11.7 Å². The quantitative estimate of drug-likeness (QED) is 0.890. The predicted molar refractivity (Wildman–Crippen MR) is 73.1 cm³/mol. The normalized spacial score (nSPS) is 26.9. The second kappa shape index (κ2) is 5.91. The molecule has 2 aliphatic heterocycles. The number of piperidine rings is 1. The van der Waals surface area contributed by atoms with Gasteiger partial charge in [-0.15, -0.1) is 0 Å². The van der Waals surface area contributed by atoms with Gasteiger partial charge in [0.05, 0.1) is 6.04 Å². The number of nitrogens with zero attached hydrogens (tertiary/aromatic N) is 3. The summed E-state index contributed by atoms with van der Waals surface area (Å²) in [5.41, 5.74) is 0. The first-order valence-corrected chi connectivity index (χ1v) is 7.54. The first kappa shape index (κ1) is 13.5. The number of likely N-dealkylation sites (tertiary alicyclic amines) is 1. The third kappa shape index (κ3) is 3.00. The summed E-state index contributed by atoms with van der Waals surface area (Å²) in [6.45, 7) is 4.48. The van der Waals surface area contributed by atoms with E-state index in [1.807, 2.05) is 4.90 Å². The Morgan fingerprint density at radius 1 is 1.45 bits per heavy atom. The van der Waals surface area contributed by atoms with Gasteiger partial charge in [0.1, 0.15) is 0 Å². The van der Waals surface area contributed by atoms with Crippen molar-refractivity contribution in [2.45, 2.75) is 45.1 Å². The molecule has 0 spiro atoms. The molecule has 1 N–H and O–H groups in total. The third-order valence-electron chi connectivity index (χ3n) is 4.23. The van der Waals surface area contributed by atoms with Crippen LogP contribution in [0.5, 0.6) is 0 Å². The highest BCUT2D eigenvalue weighted by Gasteiger charge is 2.30. The number of rotatable bonds is 3. The second-order valence-electron chi connectivity index (χ2n) is 5.88. The number of hydrogen-bond donors (Lipinski definition) is 1. The van der Waals surface area contributed by atoms with E-state index in [1.54, 1.807) is 6.92 Å². The minimum atomic E-state index is 0.0427. The molecule has 1 aromatic heterocycles. The highest BCUT2D eigenvalue weighted by atomic mass is 16.5. The van der Waals surface area contributed by atoms with Crippen LogP contribution in [-0.2, 0) is 11.2 Å². The van der Waals surface area contributed by atoms with Crippen LogP contribution < -0.4 is 5.32 Å². The van der Waals surface area contributed by atoms with Crippen LogP contribution in [0.15, 0.2) is 4.52 Å². The molecule has 6 nitrogen and oxygen atoms in total. The Labute approximate surface area is 118 Å². The molecule has 0 saturated carbocycles. The van der Waals surface area contributed by atoms with Gasteiger partial charge in [-0.3, -0.25) is 4.79 Å². The van der Waals surface area contributed by atoms with Crippen LogP contribution in [0.3, 0.4) is 0 Å². The minimum Gasteiger partial charge on any atom is -0.341 e. The Morgan fingerprint density at radius 3 is 3.05 bits per heavy atom. The molecule has 6 heteroatoms. The lowest BCUT2D eigenvalue weighted by Gasteiger charge is -2.34. The molecule has 2 aliphatic rings. The summed E-state index contributed by atoms with van der Waals surface area (Å²) in [4.78, 5) is 18.7. The van der Waals surface area contributed by atoms with Crippen molar-refractivity contribution >= 4 is 5.91 Å². The lowest BCUT2D eigenvalue weighted by molar-refractivity contribution is -0.134. The Morgan fingerprint density at radius 2 is 2.35 bits per heavy atom. The zero-order valence-corrected chi connectivity index (χ0v) is 12.0. The van der Waals surface area contributed by atoms with Crippen LogP contribution >= 0.6 is 0 Å². The largest absolute Gasteiger partial charge is 0.341 e. The van der Waals surface area contributed by atoms with Crippen LogP contribution in [0.4, 0.5) is 0 Å². The Hall–Kier alpha value is -1.43. The van der Waals surface area contributed by atoms with Crippen molar-refractivity contribution in [2.24, 2.45) is 5.92 Å². The van der Waals surface area contributed by atoms with Gasteiger partial charge in [0, 0.05) is 26.4 Å². The molecular weight excluding hydrogens is 256 g/mol. The molecule has 3 rings (SSSR count). The van der Waals surface area contributed by atoms with Crippen LogP contribution in [0.25, 0.3) is 0 Å². The molecule has 0 bridgehead atoms. The van der Waals surface area contributed by atoms with Gasteiger partial charge in [0.2, 0.25) is 11.8 Å². The van der Waals surface area contributed by atoms with Gasteiger partial charge in [-0.1, -0.05) is 5.16 Å². The van der Waals surface area contributed by atoms with Gasteiger partial charge in [0.25, 0.3) is 0 Å². The van der Waals surface area contributed by atoms with E-state index >= 15 is 0 Å². The molecule has 1 aromatic rings. The molecule has 0 aliphatic carbocycles. The fraction of sp³-hybridized carbons (Fsp3) is 0.786. The lowest BCUT2D eigenvalue weighted by Crippen LogP contribution is -2.48. The van der Waals surface area contributed by atoms with Crippen LogP contribution in [0.1, 0.15) is 37.4 Å². The number of nitrogens with one attached hydrogen (secondary N) is 1. The van der Waals surface area contributed by atoms with Crippen molar-refractivity contribution in [1.82, 2.24) is 20.4 Å². The zero-order valence-electron chi connectivity index (χ0n) is 12.0. The van der Waals surface area contributed by atoms with E-state index in [9.17, 15) is 4.79 Å². The predicted octanol–water partition coefficient (Wildman–Crippen LogP) is 0.911. The molecule has 0 unspecified atom stereocenters. The van der Waals surface area contributed by atoms with E-state index in [4.69, 9.17) is 4.52 Å². The average molecular weight is 278 g/mol. The highest BCUT2D eigenvalue weighted by Crippen LogP contribution is 2.21. The molecule has 2 atom stereocenters. The summed E-state index contributed by atoms with van der Waals surface area (Å²) >= 11 is 0. The van der Waals surface area contributed by atoms with E-state index in [0.29, 0.717) is 11.8 Å². The standard InChI is InChI=1S/C14H22N4O2/c1-10-16-13(17-20-10)8-11-4-3-7-18(9-11)14(19)12-5-2-6-15-12/h11-12,15H,2-9H2,1H3/t11-,12+/m1/s1. The molecule has 0 aromatic carbocycles. The number of amides is 1. The van der Waals surface area contributed by atoms with Gasteiger partial charge in [-0.2, -0.15) is 4.98 Å². The van der Waals surface area contributed by atoms with Crippen molar-refractivity contribution in [3.8, 4) is 0 Å². The lowest BCUT2D eigenvalue weighted by atomic mass is 9.94. The monoisotopic (exact) mass is 278 g/mol. The maximum atomic E-state index is 12.4. The smallest absolute Gasteiger partial charge is 0.239 e. The molecule has 20 heavy (non-hydrogen) atoms. The Balaban J connectivity index is 1.57.